The minimum absolute atomic E-state index is 0.0552. The monoisotopic (exact) mass is 286 g/mol. The standard InChI is InChI=1S/C11H18N4O3S/c1-3-15-19(17,18)7-6-14-11(16)9-4-5-13-8-10(9)12-2/h4-5,8,12,15H,3,6-7H2,1-2H3,(H,14,16). The molecule has 1 heterocycles. The Kier molecular flexibility index (Phi) is 5.71. The average Bonchev–Trinajstić information content (AvgIpc) is 2.38. The van der Waals surface area contributed by atoms with Crippen molar-refractivity contribution in [2.75, 3.05) is 31.2 Å². The van der Waals surface area contributed by atoms with Crippen LogP contribution in [0.25, 0.3) is 0 Å². The smallest absolute Gasteiger partial charge is 0.253 e. The first-order valence-corrected chi connectivity index (χ1v) is 7.52. The van der Waals surface area contributed by atoms with E-state index in [9.17, 15) is 13.2 Å². The Morgan fingerprint density at radius 3 is 2.79 bits per heavy atom. The molecule has 0 aromatic carbocycles. The van der Waals surface area contributed by atoms with E-state index in [1.807, 2.05) is 0 Å². The van der Waals surface area contributed by atoms with E-state index in [1.165, 1.54) is 12.4 Å². The Labute approximate surface area is 112 Å². The summed E-state index contributed by atoms with van der Waals surface area (Å²) in [5, 5.41) is 5.41. The van der Waals surface area contributed by atoms with E-state index in [1.54, 1.807) is 20.0 Å². The highest BCUT2D eigenvalue weighted by molar-refractivity contribution is 7.89. The number of aromatic nitrogens is 1. The van der Waals surface area contributed by atoms with Gasteiger partial charge in [0.2, 0.25) is 10.0 Å². The van der Waals surface area contributed by atoms with Crippen LogP contribution in [-0.4, -0.2) is 45.2 Å². The molecule has 0 saturated carbocycles. The van der Waals surface area contributed by atoms with E-state index in [2.05, 4.69) is 20.3 Å². The molecule has 0 radical (unpaired) electrons. The highest BCUT2D eigenvalue weighted by atomic mass is 32.2. The number of carbonyl (C=O) groups is 1. The zero-order valence-electron chi connectivity index (χ0n) is 10.9. The number of amides is 1. The van der Waals surface area contributed by atoms with E-state index in [0.29, 0.717) is 17.8 Å². The number of hydrogen-bond acceptors (Lipinski definition) is 5. The molecule has 8 heteroatoms. The van der Waals surface area contributed by atoms with Crippen molar-refractivity contribution < 1.29 is 13.2 Å². The third-order valence-corrected chi connectivity index (χ3v) is 3.83. The van der Waals surface area contributed by atoms with Gasteiger partial charge in [-0.05, 0) is 6.07 Å². The third kappa shape index (κ3) is 4.84. The van der Waals surface area contributed by atoms with E-state index < -0.39 is 10.0 Å². The van der Waals surface area contributed by atoms with E-state index >= 15 is 0 Å². The van der Waals surface area contributed by atoms with Crippen LogP contribution in [0.2, 0.25) is 0 Å². The summed E-state index contributed by atoms with van der Waals surface area (Å²) in [5.74, 6) is -0.481. The van der Waals surface area contributed by atoms with Crippen molar-refractivity contribution in [1.29, 1.82) is 0 Å². The minimum atomic E-state index is -3.32. The summed E-state index contributed by atoms with van der Waals surface area (Å²) < 4.78 is 25.1. The third-order valence-electron chi connectivity index (χ3n) is 2.36. The molecule has 7 nitrogen and oxygen atoms in total. The first-order valence-electron chi connectivity index (χ1n) is 5.87. The van der Waals surface area contributed by atoms with Crippen LogP contribution in [0, 0.1) is 0 Å². The molecule has 1 amide bonds. The van der Waals surface area contributed by atoms with Gasteiger partial charge in [-0.25, -0.2) is 13.1 Å². The zero-order valence-corrected chi connectivity index (χ0v) is 11.8. The summed E-state index contributed by atoms with van der Waals surface area (Å²) in [6.07, 6.45) is 3.04. The molecule has 0 bridgehead atoms. The maximum atomic E-state index is 11.9. The molecule has 1 aromatic heterocycles. The molecule has 3 N–H and O–H groups in total. The number of rotatable bonds is 7. The first-order chi connectivity index (χ1) is 9.00. The normalized spacial score (nSPS) is 11.1. The van der Waals surface area contributed by atoms with Crippen LogP contribution in [0.1, 0.15) is 17.3 Å². The van der Waals surface area contributed by atoms with Crippen molar-refractivity contribution in [1.82, 2.24) is 15.0 Å². The van der Waals surface area contributed by atoms with Crippen molar-refractivity contribution >= 4 is 21.6 Å². The first kappa shape index (κ1) is 15.4. The van der Waals surface area contributed by atoms with Crippen molar-refractivity contribution in [3.8, 4) is 0 Å². The largest absolute Gasteiger partial charge is 0.386 e. The lowest BCUT2D eigenvalue weighted by molar-refractivity contribution is 0.0957. The summed E-state index contributed by atoms with van der Waals surface area (Å²) in [6, 6.07) is 1.57. The molecule has 0 fully saturated rings. The lowest BCUT2D eigenvalue weighted by atomic mass is 10.2. The van der Waals surface area contributed by atoms with Gasteiger partial charge in [-0.1, -0.05) is 6.92 Å². The topological polar surface area (TPSA) is 100 Å². The van der Waals surface area contributed by atoms with Crippen molar-refractivity contribution in [2.45, 2.75) is 6.92 Å². The molecule has 0 aliphatic heterocycles. The molecule has 0 aliphatic rings. The zero-order chi connectivity index (χ0) is 14.3. The second kappa shape index (κ2) is 7.05. The number of sulfonamides is 1. The molecule has 106 valence electrons. The predicted octanol–water partition coefficient (Wildman–Crippen LogP) is -0.208. The van der Waals surface area contributed by atoms with Crippen LogP contribution in [0.5, 0.6) is 0 Å². The molecule has 0 saturated heterocycles. The van der Waals surface area contributed by atoms with Gasteiger partial charge in [0.25, 0.3) is 5.91 Å². The molecule has 0 spiro atoms. The SMILES string of the molecule is CCNS(=O)(=O)CCNC(=O)c1ccncc1NC. The maximum Gasteiger partial charge on any atom is 0.253 e. The molecular formula is C11H18N4O3S. The van der Waals surface area contributed by atoms with E-state index in [0.717, 1.165) is 0 Å². The molecule has 0 aliphatic carbocycles. The lowest BCUT2D eigenvalue weighted by Gasteiger charge is -2.09. The number of nitrogens with zero attached hydrogens (tertiary/aromatic N) is 1. The molecule has 0 unspecified atom stereocenters. The van der Waals surface area contributed by atoms with Crippen LogP contribution in [-0.2, 0) is 10.0 Å². The van der Waals surface area contributed by atoms with Crippen molar-refractivity contribution in [2.24, 2.45) is 0 Å². The summed E-state index contributed by atoms with van der Waals surface area (Å²) >= 11 is 0. The van der Waals surface area contributed by atoms with Gasteiger partial charge in [-0.2, -0.15) is 0 Å². The van der Waals surface area contributed by atoms with Gasteiger partial charge in [0.15, 0.2) is 0 Å². The second-order valence-electron chi connectivity index (χ2n) is 3.74. The van der Waals surface area contributed by atoms with Crippen molar-refractivity contribution in [3.63, 3.8) is 0 Å². The van der Waals surface area contributed by atoms with Gasteiger partial charge in [0, 0.05) is 26.3 Å². The lowest BCUT2D eigenvalue weighted by Crippen LogP contribution is -2.34. The Bertz CT molecular complexity index is 530. The van der Waals surface area contributed by atoms with Gasteiger partial charge in [-0.15, -0.1) is 0 Å². The number of pyridine rings is 1. The fourth-order valence-electron chi connectivity index (χ4n) is 1.48. The van der Waals surface area contributed by atoms with Crippen LogP contribution in [0.3, 0.4) is 0 Å². The van der Waals surface area contributed by atoms with Crippen LogP contribution >= 0.6 is 0 Å². The predicted molar refractivity (Wildman–Crippen MR) is 73.6 cm³/mol. The highest BCUT2D eigenvalue weighted by Crippen LogP contribution is 2.11. The Balaban J connectivity index is 2.57. The molecule has 19 heavy (non-hydrogen) atoms. The molecule has 1 rings (SSSR count). The van der Waals surface area contributed by atoms with Crippen LogP contribution in [0.15, 0.2) is 18.5 Å². The summed E-state index contributed by atoms with van der Waals surface area (Å²) in [6.45, 7) is 2.09. The number of anilines is 1. The Morgan fingerprint density at radius 2 is 2.16 bits per heavy atom. The fraction of sp³-hybridized carbons (Fsp3) is 0.455. The maximum absolute atomic E-state index is 11.9. The van der Waals surface area contributed by atoms with Gasteiger partial charge < -0.3 is 10.6 Å². The van der Waals surface area contributed by atoms with Gasteiger partial charge in [0.1, 0.15) is 0 Å². The van der Waals surface area contributed by atoms with Gasteiger partial charge in [-0.3, -0.25) is 9.78 Å². The van der Waals surface area contributed by atoms with Crippen molar-refractivity contribution in [3.05, 3.63) is 24.0 Å². The minimum Gasteiger partial charge on any atom is -0.386 e. The molecule has 0 atom stereocenters. The quantitative estimate of drug-likeness (QED) is 0.644. The summed E-state index contributed by atoms with van der Waals surface area (Å²) in [4.78, 5) is 15.8. The van der Waals surface area contributed by atoms with E-state index in [-0.39, 0.29) is 18.2 Å². The van der Waals surface area contributed by atoms with Crippen LogP contribution in [0.4, 0.5) is 5.69 Å². The number of nitrogens with one attached hydrogen (secondary N) is 3. The Morgan fingerprint density at radius 1 is 1.42 bits per heavy atom. The molecule has 1 aromatic rings. The summed E-state index contributed by atoms with van der Waals surface area (Å²) in [7, 11) is -1.63. The summed E-state index contributed by atoms with van der Waals surface area (Å²) in [5.41, 5.74) is 1.02. The number of carbonyl (C=O) groups excluding carboxylic acids is 1. The Hall–Kier alpha value is -1.67. The van der Waals surface area contributed by atoms with Gasteiger partial charge in [0.05, 0.1) is 23.2 Å². The second-order valence-corrected chi connectivity index (χ2v) is 5.67. The molecular weight excluding hydrogens is 268 g/mol. The van der Waals surface area contributed by atoms with Crippen LogP contribution < -0.4 is 15.4 Å². The van der Waals surface area contributed by atoms with E-state index in [4.69, 9.17) is 0 Å². The highest BCUT2D eigenvalue weighted by Gasteiger charge is 2.12. The average molecular weight is 286 g/mol. The van der Waals surface area contributed by atoms with Gasteiger partial charge >= 0.3 is 0 Å². The fourth-order valence-corrected chi connectivity index (χ4v) is 2.43. The number of hydrogen-bond donors (Lipinski definition) is 3.